The maximum Gasteiger partial charge on any atom is 0.337 e. The zero-order chi connectivity index (χ0) is 19.3. The van der Waals surface area contributed by atoms with E-state index in [4.69, 9.17) is 16.3 Å². The number of benzene rings is 1. The van der Waals surface area contributed by atoms with E-state index in [1.54, 1.807) is 28.8 Å². The summed E-state index contributed by atoms with van der Waals surface area (Å²) in [4.78, 5) is 11.6. The molecule has 2 heterocycles. The van der Waals surface area contributed by atoms with Gasteiger partial charge in [0.1, 0.15) is 5.82 Å². The number of pyridine rings is 1. The topological polar surface area (TPSA) is 56.5 Å². The van der Waals surface area contributed by atoms with Crippen molar-refractivity contribution in [3.63, 3.8) is 0 Å². The van der Waals surface area contributed by atoms with Crippen molar-refractivity contribution in [2.45, 2.75) is 25.7 Å². The fourth-order valence-corrected chi connectivity index (χ4v) is 3.53. The lowest BCUT2D eigenvalue weighted by atomic mass is 10.0. The first-order valence-electron chi connectivity index (χ1n) is 8.41. The summed E-state index contributed by atoms with van der Waals surface area (Å²) in [6.07, 6.45) is 1.86. The first-order valence-corrected chi connectivity index (χ1v) is 8.79. The molecule has 1 fully saturated rings. The second-order valence-electron chi connectivity index (χ2n) is 6.72. The number of alkyl halides is 2. The van der Waals surface area contributed by atoms with Gasteiger partial charge in [0.05, 0.1) is 12.7 Å². The van der Waals surface area contributed by atoms with Gasteiger partial charge < -0.3 is 4.74 Å². The second-order valence-corrected chi connectivity index (χ2v) is 7.12. The van der Waals surface area contributed by atoms with E-state index in [2.05, 4.69) is 10.2 Å². The molecule has 1 aliphatic carbocycles. The van der Waals surface area contributed by atoms with E-state index in [1.165, 1.54) is 7.11 Å². The van der Waals surface area contributed by atoms with Gasteiger partial charge >= 0.3 is 5.97 Å². The van der Waals surface area contributed by atoms with Gasteiger partial charge in [-0.25, -0.2) is 13.6 Å². The van der Waals surface area contributed by atoms with Gasteiger partial charge in [-0.1, -0.05) is 17.7 Å². The number of hydrogen-bond donors (Lipinski definition) is 0. The van der Waals surface area contributed by atoms with Crippen LogP contribution in [0.5, 0.6) is 0 Å². The zero-order valence-electron chi connectivity index (χ0n) is 14.7. The summed E-state index contributed by atoms with van der Waals surface area (Å²) in [5, 5.41) is 8.67. The summed E-state index contributed by atoms with van der Waals surface area (Å²) < 4.78 is 32.9. The third-order valence-corrected chi connectivity index (χ3v) is 5.27. The van der Waals surface area contributed by atoms with Crippen LogP contribution < -0.4 is 0 Å². The van der Waals surface area contributed by atoms with Gasteiger partial charge in [0, 0.05) is 41.1 Å². The van der Waals surface area contributed by atoms with Gasteiger partial charge in [-0.2, -0.15) is 0 Å². The standard InChI is InChI=1S/C19H16ClF2N3O2/c1-10-13(14-4-3-11(7-15(14)20)18(26)27-2)5-6-25-16(23-24-17(10)25)8-12-9-19(12,21)22/h3-7,12H,8-9H2,1-2H3. The number of hydrogen-bond acceptors (Lipinski definition) is 4. The molecule has 5 nitrogen and oxygen atoms in total. The molecule has 0 N–H and O–H groups in total. The summed E-state index contributed by atoms with van der Waals surface area (Å²) in [6, 6.07) is 6.78. The number of rotatable bonds is 4. The molecular weight excluding hydrogens is 376 g/mol. The molecule has 0 radical (unpaired) electrons. The van der Waals surface area contributed by atoms with Crippen LogP contribution in [0.1, 0.15) is 28.2 Å². The normalized spacial score (nSPS) is 17.9. The predicted molar refractivity (Wildman–Crippen MR) is 96.3 cm³/mol. The van der Waals surface area contributed by atoms with Gasteiger partial charge in [0.25, 0.3) is 5.92 Å². The maximum absolute atomic E-state index is 13.2. The lowest BCUT2D eigenvalue weighted by molar-refractivity contribution is 0.0600. The van der Waals surface area contributed by atoms with Crippen LogP contribution >= 0.6 is 11.6 Å². The molecule has 2 aromatic heterocycles. The number of carbonyl (C=O) groups is 1. The molecule has 1 aromatic carbocycles. The molecule has 0 amide bonds. The Morgan fingerprint density at radius 1 is 1.33 bits per heavy atom. The van der Waals surface area contributed by atoms with E-state index < -0.39 is 17.8 Å². The average Bonchev–Trinajstić information content (AvgIpc) is 3.04. The fourth-order valence-electron chi connectivity index (χ4n) is 3.25. The Morgan fingerprint density at radius 3 is 2.70 bits per heavy atom. The van der Waals surface area contributed by atoms with Crippen LogP contribution in [0.3, 0.4) is 0 Å². The minimum atomic E-state index is -2.59. The number of ether oxygens (including phenoxy) is 1. The van der Waals surface area contributed by atoms with Crippen molar-refractivity contribution < 1.29 is 18.3 Å². The Kier molecular flexibility index (Phi) is 4.14. The first-order chi connectivity index (χ1) is 12.8. The second kappa shape index (κ2) is 6.27. The lowest BCUT2D eigenvalue weighted by Crippen LogP contribution is -2.03. The van der Waals surface area contributed by atoms with Crippen molar-refractivity contribution in [1.29, 1.82) is 0 Å². The molecule has 0 saturated heterocycles. The van der Waals surface area contributed by atoms with E-state index in [0.29, 0.717) is 22.1 Å². The van der Waals surface area contributed by atoms with Crippen molar-refractivity contribution >= 4 is 23.2 Å². The largest absolute Gasteiger partial charge is 0.465 e. The Bertz CT molecular complexity index is 1060. The number of nitrogens with zero attached hydrogens (tertiary/aromatic N) is 3. The fraction of sp³-hybridized carbons (Fsp3) is 0.316. The van der Waals surface area contributed by atoms with Gasteiger partial charge in [-0.15, -0.1) is 10.2 Å². The maximum atomic E-state index is 13.2. The first kappa shape index (κ1) is 17.9. The Hall–Kier alpha value is -2.54. The highest BCUT2D eigenvalue weighted by atomic mass is 35.5. The van der Waals surface area contributed by atoms with E-state index in [-0.39, 0.29) is 12.8 Å². The van der Waals surface area contributed by atoms with Gasteiger partial charge in [-0.05, 0) is 30.7 Å². The number of carbonyl (C=O) groups excluding carboxylic acids is 1. The van der Waals surface area contributed by atoms with E-state index >= 15 is 0 Å². The van der Waals surface area contributed by atoms with Crippen LogP contribution in [0.25, 0.3) is 16.8 Å². The monoisotopic (exact) mass is 391 g/mol. The molecular formula is C19H16ClF2N3O2. The quantitative estimate of drug-likeness (QED) is 0.621. The van der Waals surface area contributed by atoms with Crippen molar-refractivity contribution in [3.05, 3.63) is 52.4 Å². The molecule has 1 aliphatic rings. The predicted octanol–water partition coefficient (Wildman–Crippen LogP) is 4.34. The molecule has 1 unspecified atom stereocenters. The third kappa shape index (κ3) is 3.06. The third-order valence-electron chi connectivity index (χ3n) is 4.96. The molecule has 8 heteroatoms. The van der Waals surface area contributed by atoms with E-state index in [0.717, 1.165) is 16.7 Å². The van der Waals surface area contributed by atoms with E-state index in [1.807, 2.05) is 13.0 Å². The Balaban J connectivity index is 1.71. The number of halogens is 3. The highest BCUT2D eigenvalue weighted by Crippen LogP contribution is 2.50. The van der Waals surface area contributed by atoms with Crippen LogP contribution in [-0.4, -0.2) is 33.6 Å². The summed E-state index contributed by atoms with van der Waals surface area (Å²) in [5.41, 5.74) is 3.36. The molecule has 3 aromatic rings. The Morgan fingerprint density at radius 2 is 2.07 bits per heavy atom. The highest BCUT2D eigenvalue weighted by molar-refractivity contribution is 6.33. The van der Waals surface area contributed by atoms with Crippen molar-refractivity contribution in [2.75, 3.05) is 7.11 Å². The molecule has 0 aliphatic heterocycles. The smallest absolute Gasteiger partial charge is 0.337 e. The summed E-state index contributed by atoms with van der Waals surface area (Å²) in [6.45, 7) is 1.87. The summed E-state index contributed by atoms with van der Waals surface area (Å²) >= 11 is 6.37. The number of esters is 1. The highest BCUT2D eigenvalue weighted by Gasteiger charge is 2.56. The lowest BCUT2D eigenvalue weighted by Gasteiger charge is -2.11. The van der Waals surface area contributed by atoms with Crippen LogP contribution in [0.15, 0.2) is 30.5 Å². The van der Waals surface area contributed by atoms with Crippen molar-refractivity contribution in [2.24, 2.45) is 5.92 Å². The molecule has 0 spiro atoms. The van der Waals surface area contributed by atoms with Crippen LogP contribution in [0.4, 0.5) is 8.78 Å². The average molecular weight is 392 g/mol. The molecule has 140 valence electrons. The van der Waals surface area contributed by atoms with Crippen LogP contribution in [0.2, 0.25) is 5.02 Å². The van der Waals surface area contributed by atoms with Gasteiger partial charge in [0.2, 0.25) is 0 Å². The summed E-state index contributed by atoms with van der Waals surface area (Å²) in [5.74, 6) is -3.19. The number of fused-ring (bicyclic) bond motifs is 1. The number of methoxy groups -OCH3 is 1. The van der Waals surface area contributed by atoms with Crippen LogP contribution in [-0.2, 0) is 11.2 Å². The minimum absolute atomic E-state index is 0.0961. The van der Waals surface area contributed by atoms with Gasteiger partial charge in [0.15, 0.2) is 5.65 Å². The van der Waals surface area contributed by atoms with Crippen molar-refractivity contribution in [1.82, 2.24) is 14.6 Å². The minimum Gasteiger partial charge on any atom is -0.465 e. The van der Waals surface area contributed by atoms with Gasteiger partial charge in [-0.3, -0.25) is 4.40 Å². The SMILES string of the molecule is COC(=O)c1ccc(-c2ccn3c(CC4CC4(F)F)nnc3c2C)c(Cl)c1. The zero-order valence-corrected chi connectivity index (χ0v) is 15.4. The molecule has 0 bridgehead atoms. The number of aryl methyl sites for hydroxylation is 1. The van der Waals surface area contributed by atoms with E-state index in [9.17, 15) is 13.6 Å². The van der Waals surface area contributed by atoms with Crippen LogP contribution in [0, 0.1) is 12.8 Å². The number of aromatic nitrogens is 3. The Labute approximate surface area is 158 Å². The summed E-state index contributed by atoms with van der Waals surface area (Å²) in [7, 11) is 1.31. The molecule has 4 rings (SSSR count). The molecule has 1 saturated carbocycles. The molecule has 27 heavy (non-hydrogen) atoms. The molecule has 1 atom stereocenters. The van der Waals surface area contributed by atoms with Crippen molar-refractivity contribution in [3.8, 4) is 11.1 Å².